The van der Waals surface area contributed by atoms with E-state index in [9.17, 15) is 26.4 Å². The molecule has 3 aromatic rings. The largest absolute Gasteiger partial charge is 0.417 e. The van der Waals surface area contributed by atoms with Crippen LogP contribution in [0.15, 0.2) is 53.8 Å². The summed E-state index contributed by atoms with van der Waals surface area (Å²) >= 11 is 0. The first kappa shape index (κ1) is 31.2. The minimum absolute atomic E-state index is 0. The molecule has 4 rings (SSSR count). The standard InChI is InChI=1S/C22H22F3N7O3S.2ClH/c1-31-7-9-32(10-8-31)36(34,35)15-4-5-16(17(11-15)22(23,24)25)18-13-28-20(26)19(30-18)21(33)29-14-3-2-6-27-12-14;;/h2-6,11-13H,7-10H2,1H3,(H2,26,28)(H,29,33);2*1H. The van der Waals surface area contributed by atoms with Gasteiger partial charge >= 0.3 is 6.18 Å². The average Bonchev–Trinajstić information content (AvgIpc) is 2.84. The lowest BCUT2D eigenvalue weighted by Crippen LogP contribution is -2.47. The third-order valence-electron chi connectivity index (χ3n) is 5.61. The molecule has 0 unspecified atom stereocenters. The summed E-state index contributed by atoms with van der Waals surface area (Å²) in [6.07, 6.45) is -1.05. The van der Waals surface area contributed by atoms with Crippen molar-refractivity contribution < 1.29 is 26.4 Å². The van der Waals surface area contributed by atoms with E-state index in [1.807, 2.05) is 11.9 Å². The first-order valence-electron chi connectivity index (χ1n) is 10.7. The monoisotopic (exact) mass is 593 g/mol. The summed E-state index contributed by atoms with van der Waals surface area (Å²) in [4.78, 5) is 25.8. The molecule has 206 valence electrons. The highest BCUT2D eigenvalue weighted by molar-refractivity contribution is 7.89. The second-order valence-corrected chi connectivity index (χ2v) is 10.0. The van der Waals surface area contributed by atoms with Gasteiger partial charge in [-0.25, -0.2) is 18.4 Å². The van der Waals surface area contributed by atoms with E-state index in [-0.39, 0.29) is 49.4 Å². The van der Waals surface area contributed by atoms with Gasteiger partial charge in [0.1, 0.15) is 0 Å². The number of likely N-dealkylation sites (N-methyl/N-ethyl adjacent to an activating group) is 1. The lowest BCUT2D eigenvalue weighted by atomic mass is 10.0. The van der Waals surface area contributed by atoms with Crippen molar-refractivity contribution in [1.82, 2.24) is 24.2 Å². The fourth-order valence-corrected chi connectivity index (χ4v) is 5.09. The Labute approximate surface area is 229 Å². The number of sulfonamides is 1. The number of alkyl halides is 3. The van der Waals surface area contributed by atoms with Crippen LogP contribution in [0.3, 0.4) is 0 Å². The molecule has 3 heterocycles. The van der Waals surface area contributed by atoms with E-state index in [0.29, 0.717) is 24.8 Å². The molecule has 0 aliphatic carbocycles. The van der Waals surface area contributed by atoms with Gasteiger partial charge in [0.15, 0.2) is 11.5 Å². The molecule has 2 aromatic heterocycles. The van der Waals surface area contributed by atoms with E-state index in [1.165, 1.54) is 12.4 Å². The number of nitrogens with zero attached hydrogens (tertiary/aromatic N) is 5. The first-order chi connectivity index (χ1) is 17.0. The number of rotatable bonds is 5. The van der Waals surface area contributed by atoms with Crippen molar-refractivity contribution >= 4 is 52.2 Å². The zero-order valence-electron chi connectivity index (χ0n) is 19.8. The number of aromatic nitrogens is 3. The van der Waals surface area contributed by atoms with Crippen molar-refractivity contribution in [3.8, 4) is 11.3 Å². The molecule has 3 N–H and O–H groups in total. The maximum atomic E-state index is 14.0. The van der Waals surface area contributed by atoms with Gasteiger partial charge in [-0.2, -0.15) is 17.5 Å². The quantitative estimate of drug-likeness (QED) is 0.460. The minimum Gasteiger partial charge on any atom is -0.382 e. The van der Waals surface area contributed by atoms with Crippen molar-refractivity contribution in [1.29, 1.82) is 0 Å². The Kier molecular flexibility index (Phi) is 10.0. The molecular weight excluding hydrogens is 570 g/mol. The molecule has 0 spiro atoms. The predicted molar refractivity (Wildman–Crippen MR) is 140 cm³/mol. The fourth-order valence-electron chi connectivity index (χ4n) is 3.64. The Bertz CT molecular complexity index is 1390. The van der Waals surface area contributed by atoms with Gasteiger partial charge in [0.25, 0.3) is 5.91 Å². The Morgan fingerprint density at radius 3 is 2.37 bits per heavy atom. The number of anilines is 2. The summed E-state index contributed by atoms with van der Waals surface area (Å²) in [6.45, 7) is 1.27. The van der Waals surface area contributed by atoms with Crippen LogP contribution < -0.4 is 11.1 Å². The maximum absolute atomic E-state index is 14.0. The normalized spacial score (nSPS) is 14.7. The van der Waals surface area contributed by atoms with Gasteiger partial charge in [-0.3, -0.25) is 9.78 Å². The number of nitrogens with one attached hydrogen (secondary N) is 1. The van der Waals surface area contributed by atoms with Gasteiger partial charge in [0, 0.05) is 37.9 Å². The smallest absolute Gasteiger partial charge is 0.382 e. The zero-order chi connectivity index (χ0) is 26.1. The number of nitrogens with two attached hydrogens (primary N) is 1. The van der Waals surface area contributed by atoms with E-state index in [1.54, 1.807) is 12.1 Å². The molecule has 0 radical (unpaired) electrons. The van der Waals surface area contributed by atoms with Crippen LogP contribution in [0.5, 0.6) is 0 Å². The highest BCUT2D eigenvalue weighted by Gasteiger charge is 2.37. The molecular formula is C22H24Cl2F3N7O3S. The van der Waals surface area contributed by atoms with E-state index in [4.69, 9.17) is 5.73 Å². The lowest BCUT2D eigenvalue weighted by molar-refractivity contribution is -0.137. The van der Waals surface area contributed by atoms with Crippen LogP contribution in [0.1, 0.15) is 16.1 Å². The van der Waals surface area contributed by atoms with Crippen molar-refractivity contribution in [2.75, 3.05) is 44.3 Å². The van der Waals surface area contributed by atoms with E-state index in [2.05, 4.69) is 20.3 Å². The van der Waals surface area contributed by atoms with Crippen LogP contribution in [0, 0.1) is 0 Å². The Hall–Kier alpha value is -3.04. The van der Waals surface area contributed by atoms with Crippen molar-refractivity contribution in [3.63, 3.8) is 0 Å². The van der Waals surface area contributed by atoms with E-state index < -0.39 is 43.8 Å². The topological polar surface area (TPSA) is 134 Å². The number of carbonyl (C=O) groups is 1. The highest BCUT2D eigenvalue weighted by Crippen LogP contribution is 2.38. The third-order valence-corrected chi connectivity index (χ3v) is 7.50. The number of hydrogen-bond donors (Lipinski definition) is 2. The number of pyridine rings is 1. The minimum atomic E-state index is -4.91. The molecule has 0 bridgehead atoms. The molecule has 16 heteroatoms. The summed E-state index contributed by atoms with van der Waals surface area (Å²) < 4.78 is 69.3. The van der Waals surface area contributed by atoms with Gasteiger partial charge in [0.2, 0.25) is 10.0 Å². The molecule has 1 amide bonds. The van der Waals surface area contributed by atoms with Crippen LogP contribution >= 0.6 is 24.8 Å². The van der Waals surface area contributed by atoms with Crippen LogP contribution in [-0.4, -0.2) is 71.7 Å². The van der Waals surface area contributed by atoms with Gasteiger partial charge in [-0.1, -0.05) is 6.07 Å². The second-order valence-electron chi connectivity index (χ2n) is 8.10. The second kappa shape index (κ2) is 12.2. The molecule has 10 nitrogen and oxygen atoms in total. The summed E-state index contributed by atoms with van der Waals surface area (Å²) in [7, 11) is -2.32. The summed E-state index contributed by atoms with van der Waals surface area (Å²) in [5, 5.41) is 2.50. The van der Waals surface area contributed by atoms with Crippen LogP contribution in [-0.2, 0) is 16.2 Å². The van der Waals surface area contributed by atoms with Crippen LogP contribution in [0.25, 0.3) is 11.3 Å². The molecule has 0 saturated carbocycles. The summed E-state index contributed by atoms with van der Waals surface area (Å²) in [5.74, 6) is -1.08. The number of halogens is 5. The van der Waals surface area contributed by atoms with Crippen LogP contribution in [0.4, 0.5) is 24.7 Å². The average molecular weight is 594 g/mol. The van der Waals surface area contributed by atoms with Crippen molar-refractivity contribution in [2.45, 2.75) is 11.1 Å². The molecule has 38 heavy (non-hydrogen) atoms. The predicted octanol–water partition coefficient (Wildman–Crippen LogP) is 3.17. The number of nitrogen functional groups attached to an aromatic ring is 1. The number of amides is 1. The number of piperazine rings is 1. The molecule has 1 aliphatic heterocycles. The van der Waals surface area contributed by atoms with Crippen molar-refractivity contribution in [2.24, 2.45) is 0 Å². The van der Waals surface area contributed by atoms with Gasteiger partial charge in [0.05, 0.1) is 34.2 Å². The van der Waals surface area contributed by atoms with Gasteiger partial charge < -0.3 is 16.0 Å². The summed E-state index contributed by atoms with van der Waals surface area (Å²) in [5.41, 5.74) is 3.73. The van der Waals surface area contributed by atoms with E-state index in [0.717, 1.165) is 22.6 Å². The number of benzene rings is 1. The maximum Gasteiger partial charge on any atom is 0.417 e. The van der Waals surface area contributed by atoms with Gasteiger partial charge in [-0.15, -0.1) is 24.8 Å². The number of carbonyl (C=O) groups excluding carboxylic acids is 1. The molecule has 1 aliphatic rings. The molecule has 0 atom stereocenters. The SMILES string of the molecule is CN1CCN(S(=O)(=O)c2ccc(-c3cnc(N)c(C(=O)Nc4cccnc4)n3)c(C(F)(F)F)c2)CC1.Cl.Cl. The Morgan fingerprint density at radius 2 is 1.76 bits per heavy atom. The molecule has 1 saturated heterocycles. The van der Waals surface area contributed by atoms with Gasteiger partial charge in [-0.05, 0) is 31.3 Å². The third kappa shape index (κ3) is 6.69. The number of hydrogen-bond acceptors (Lipinski definition) is 8. The Morgan fingerprint density at radius 1 is 1.08 bits per heavy atom. The highest BCUT2D eigenvalue weighted by atomic mass is 35.5. The first-order valence-corrected chi connectivity index (χ1v) is 12.1. The molecule has 1 fully saturated rings. The summed E-state index contributed by atoms with van der Waals surface area (Å²) in [6, 6.07) is 5.81. The van der Waals surface area contributed by atoms with Crippen LogP contribution in [0.2, 0.25) is 0 Å². The lowest BCUT2D eigenvalue weighted by Gasteiger charge is -2.31. The van der Waals surface area contributed by atoms with E-state index >= 15 is 0 Å². The zero-order valence-corrected chi connectivity index (χ0v) is 22.3. The fraction of sp³-hybridized carbons (Fsp3) is 0.273. The Balaban J connectivity index is 0.00000253. The van der Waals surface area contributed by atoms with Crippen molar-refractivity contribution in [3.05, 3.63) is 60.2 Å². The molecule has 1 aromatic carbocycles.